The third-order valence-corrected chi connectivity index (χ3v) is 5.67. The number of carbonyl (C=O) groups is 2. The van der Waals surface area contributed by atoms with Gasteiger partial charge in [-0.15, -0.1) is 0 Å². The molecule has 3 amide bonds. The van der Waals surface area contributed by atoms with E-state index in [4.69, 9.17) is 11.6 Å². The standard InChI is InChI=1S/C23H30ClN5O2/c1-3-4-14-29-22(24)20(17(2)27-29)10-11-21(30)25-16-18-8-7-9-19(15-18)26-23(31)28-12-5-6-13-28/h7-11,15H,3-6,12-14,16H2,1-2H3,(H,25,30)(H,26,31)/b11-10+. The van der Waals surface area contributed by atoms with Gasteiger partial charge in [0.2, 0.25) is 5.91 Å². The highest BCUT2D eigenvalue weighted by molar-refractivity contribution is 6.31. The van der Waals surface area contributed by atoms with Crippen molar-refractivity contribution in [3.05, 3.63) is 52.3 Å². The molecule has 2 heterocycles. The minimum Gasteiger partial charge on any atom is -0.348 e. The lowest BCUT2D eigenvalue weighted by Crippen LogP contribution is -2.32. The Morgan fingerprint density at radius 2 is 2.03 bits per heavy atom. The maximum absolute atomic E-state index is 12.3. The van der Waals surface area contributed by atoms with Crippen LogP contribution in [0, 0.1) is 6.92 Å². The number of aromatic nitrogens is 2. The number of hydrogen-bond acceptors (Lipinski definition) is 3. The molecule has 0 aliphatic carbocycles. The fraction of sp³-hybridized carbons (Fsp3) is 0.435. The molecule has 8 heteroatoms. The average molecular weight is 444 g/mol. The third-order valence-electron chi connectivity index (χ3n) is 5.27. The van der Waals surface area contributed by atoms with Crippen molar-refractivity contribution in [1.82, 2.24) is 20.0 Å². The summed E-state index contributed by atoms with van der Waals surface area (Å²) in [6, 6.07) is 7.42. The highest BCUT2D eigenvalue weighted by Gasteiger charge is 2.17. The number of carbonyl (C=O) groups excluding carboxylic acids is 2. The Hall–Kier alpha value is -2.80. The molecule has 166 valence electrons. The molecule has 0 radical (unpaired) electrons. The van der Waals surface area contributed by atoms with Crippen molar-refractivity contribution >= 4 is 35.3 Å². The monoisotopic (exact) mass is 443 g/mol. The number of hydrogen-bond donors (Lipinski definition) is 2. The van der Waals surface area contributed by atoms with Crippen molar-refractivity contribution in [3.8, 4) is 0 Å². The Kier molecular flexibility index (Phi) is 8.12. The fourth-order valence-corrected chi connectivity index (χ4v) is 3.82. The number of halogens is 1. The molecule has 1 fully saturated rings. The van der Waals surface area contributed by atoms with Gasteiger partial charge in [0, 0.05) is 43.5 Å². The first-order valence-electron chi connectivity index (χ1n) is 10.8. The molecular weight excluding hydrogens is 414 g/mol. The minimum absolute atomic E-state index is 0.0756. The molecule has 0 bridgehead atoms. The largest absolute Gasteiger partial charge is 0.348 e. The van der Waals surface area contributed by atoms with Gasteiger partial charge >= 0.3 is 6.03 Å². The smallest absolute Gasteiger partial charge is 0.321 e. The summed E-state index contributed by atoms with van der Waals surface area (Å²) in [6.45, 7) is 6.73. The van der Waals surface area contributed by atoms with Crippen LogP contribution in [0.1, 0.15) is 49.4 Å². The summed E-state index contributed by atoms with van der Waals surface area (Å²) in [7, 11) is 0. The van der Waals surface area contributed by atoms with E-state index in [0.717, 1.165) is 67.8 Å². The summed E-state index contributed by atoms with van der Waals surface area (Å²) in [5.41, 5.74) is 3.19. The van der Waals surface area contributed by atoms with E-state index >= 15 is 0 Å². The van der Waals surface area contributed by atoms with Crippen molar-refractivity contribution in [1.29, 1.82) is 0 Å². The maximum atomic E-state index is 12.3. The van der Waals surface area contributed by atoms with Gasteiger partial charge in [0.1, 0.15) is 5.15 Å². The number of rotatable bonds is 8. The second kappa shape index (κ2) is 11.0. The van der Waals surface area contributed by atoms with E-state index in [1.165, 1.54) is 6.08 Å². The van der Waals surface area contributed by atoms with Gasteiger partial charge in [-0.2, -0.15) is 5.10 Å². The first kappa shape index (κ1) is 22.9. The third kappa shape index (κ3) is 6.34. The van der Waals surface area contributed by atoms with Crippen LogP contribution in [0.3, 0.4) is 0 Å². The van der Waals surface area contributed by atoms with Crippen LogP contribution in [0.5, 0.6) is 0 Å². The summed E-state index contributed by atoms with van der Waals surface area (Å²) in [5.74, 6) is -0.219. The lowest BCUT2D eigenvalue weighted by Gasteiger charge is -2.16. The first-order valence-corrected chi connectivity index (χ1v) is 11.2. The second-order valence-corrected chi connectivity index (χ2v) is 8.10. The number of likely N-dealkylation sites (tertiary alicyclic amines) is 1. The van der Waals surface area contributed by atoms with Crippen molar-refractivity contribution in [3.63, 3.8) is 0 Å². The zero-order chi connectivity index (χ0) is 22.2. The molecule has 0 saturated carbocycles. The topological polar surface area (TPSA) is 79.3 Å². The molecule has 0 atom stereocenters. The zero-order valence-electron chi connectivity index (χ0n) is 18.2. The van der Waals surface area contributed by atoms with Crippen LogP contribution >= 0.6 is 11.6 Å². The van der Waals surface area contributed by atoms with Crippen LogP contribution in [-0.2, 0) is 17.9 Å². The summed E-state index contributed by atoms with van der Waals surface area (Å²) in [5, 5.41) is 10.8. The molecule has 2 aromatic rings. The fourth-order valence-electron chi connectivity index (χ4n) is 3.50. The predicted octanol–water partition coefficient (Wildman–Crippen LogP) is 4.60. The number of unbranched alkanes of at least 4 members (excludes halogenated alkanes) is 1. The molecule has 1 saturated heterocycles. The van der Waals surface area contributed by atoms with Gasteiger partial charge in [-0.1, -0.05) is 37.1 Å². The normalized spacial score (nSPS) is 13.7. The summed E-state index contributed by atoms with van der Waals surface area (Å²) >= 11 is 6.41. The Bertz CT molecular complexity index is 947. The Labute approximate surface area is 188 Å². The minimum atomic E-state index is -0.219. The molecule has 1 aromatic heterocycles. The van der Waals surface area contributed by atoms with E-state index in [2.05, 4.69) is 22.7 Å². The molecule has 2 N–H and O–H groups in total. The number of aryl methyl sites for hydroxylation is 2. The SMILES string of the molecule is CCCCn1nc(C)c(/C=C/C(=O)NCc2cccc(NC(=O)N3CCCC3)c2)c1Cl. The maximum Gasteiger partial charge on any atom is 0.321 e. The Balaban J connectivity index is 1.54. The van der Waals surface area contributed by atoms with Gasteiger partial charge in [-0.25, -0.2) is 4.79 Å². The van der Waals surface area contributed by atoms with Crippen LogP contribution in [0.4, 0.5) is 10.5 Å². The Morgan fingerprint density at radius 1 is 1.26 bits per heavy atom. The number of amides is 3. The lowest BCUT2D eigenvalue weighted by molar-refractivity contribution is -0.116. The Morgan fingerprint density at radius 3 is 2.77 bits per heavy atom. The van der Waals surface area contributed by atoms with Crippen LogP contribution in [-0.4, -0.2) is 39.7 Å². The molecule has 0 spiro atoms. The van der Waals surface area contributed by atoms with Crippen molar-refractivity contribution in [2.24, 2.45) is 0 Å². The molecule has 0 unspecified atom stereocenters. The number of nitrogens with zero attached hydrogens (tertiary/aromatic N) is 3. The van der Waals surface area contributed by atoms with E-state index in [0.29, 0.717) is 11.7 Å². The van der Waals surface area contributed by atoms with E-state index in [9.17, 15) is 9.59 Å². The van der Waals surface area contributed by atoms with Gasteiger partial charge in [-0.3, -0.25) is 9.48 Å². The highest BCUT2D eigenvalue weighted by Crippen LogP contribution is 2.21. The number of urea groups is 1. The van der Waals surface area contributed by atoms with Gasteiger partial charge in [-0.05, 0) is 50.0 Å². The quantitative estimate of drug-likeness (QED) is 0.585. The van der Waals surface area contributed by atoms with Crippen molar-refractivity contribution in [2.75, 3.05) is 18.4 Å². The molecule has 3 rings (SSSR count). The molecule has 7 nitrogen and oxygen atoms in total. The highest BCUT2D eigenvalue weighted by atomic mass is 35.5. The molecular formula is C23H30ClN5O2. The van der Waals surface area contributed by atoms with E-state index in [1.807, 2.05) is 36.1 Å². The number of anilines is 1. The molecule has 1 aromatic carbocycles. The van der Waals surface area contributed by atoms with Gasteiger partial charge in [0.05, 0.1) is 5.69 Å². The van der Waals surface area contributed by atoms with E-state index in [-0.39, 0.29) is 11.9 Å². The number of benzene rings is 1. The summed E-state index contributed by atoms with van der Waals surface area (Å²) in [4.78, 5) is 26.3. The average Bonchev–Trinajstić information content (AvgIpc) is 3.38. The summed E-state index contributed by atoms with van der Waals surface area (Å²) < 4.78 is 1.78. The van der Waals surface area contributed by atoms with Crippen LogP contribution < -0.4 is 10.6 Å². The second-order valence-electron chi connectivity index (χ2n) is 7.74. The molecule has 1 aliphatic heterocycles. The van der Waals surface area contributed by atoms with Crippen LogP contribution in [0.15, 0.2) is 30.3 Å². The lowest BCUT2D eigenvalue weighted by atomic mass is 10.2. The first-order chi connectivity index (χ1) is 15.0. The van der Waals surface area contributed by atoms with E-state index < -0.39 is 0 Å². The van der Waals surface area contributed by atoms with Crippen LogP contribution in [0.25, 0.3) is 6.08 Å². The van der Waals surface area contributed by atoms with E-state index in [1.54, 1.807) is 10.8 Å². The van der Waals surface area contributed by atoms with Gasteiger partial charge in [0.25, 0.3) is 0 Å². The van der Waals surface area contributed by atoms with Gasteiger partial charge < -0.3 is 15.5 Å². The molecule has 1 aliphatic rings. The zero-order valence-corrected chi connectivity index (χ0v) is 18.9. The van der Waals surface area contributed by atoms with Gasteiger partial charge in [0.15, 0.2) is 0 Å². The summed E-state index contributed by atoms with van der Waals surface area (Å²) in [6.07, 6.45) is 7.34. The van der Waals surface area contributed by atoms with Crippen molar-refractivity contribution < 1.29 is 9.59 Å². The van der Waals surface area contributed by atoms with Crippen LogP contribution in [0.2, 0.25) is 5.15 Å². The van der Waals surface area contributed by atoms with Crippen molar-refractivity contribution in [2.45, 2.75) is 52.6 Å². The molecule has 31 heavy (non-hydrogen) atoms. The predicted molar refractivity (Wildman–Crippen MR) is 124 cm³/mol. The number of nitrogens with one attached hydrogen (secondary N) is 2.